The lowest BCUT2D eigenvalue weighted by Gasteiger charge is -2.33. The number of hydrogen-bond donors (Lipinski definition) is 0. The van der Waals surface area contributed by atoms with Gasteiger partial charge in [-0.15, -0.1) is 0 Å². The highest BCUT2D eigenvalue weighted by atomic mass is 16.2. The normalized spacial score (nSPS) is 27.2. The molecule has 0 spiro atoms. The van der Waals surface area contributed by atoms with Crippen molar-refractivity contribution in [2.75, 3.05) is 6.54 Å². The first-order chi connectivity index (χ1) is 8.34. The van der Waals surface area contributed by atoms with Gasteiger partial charge in [0.25, 0.3) is 5.91 Å². The molecular weight excluding hydrogens is 228 g/mol. The van der Waals surface area contributed by atoms with Crippen LogP contribution in [0.2, 0.25) is 0 Å². The number of amides is 3. The average Bonchev–Trinajstić information content (AvgIpc) is 2.48. The molecular formula is C14H24N2O2. The van der Waals surface area contributed by atoms with Crippen molar-refractivity contribution in [1.29, 1.82) is 0 Å². The van der Waals surface area contributed by atoms with Gasteiger partial charge in [0, 0.05) is 12.6 Å². The van der Waals surface area contributed by atoms with Crippen molar-refractivity contribution in [2.45, 2.75) is 65.5 Å². The van der Waals surface area contributed by atoms with E-state index in [-0.39, 0.29) is 29.4 Å². The van der Waals surface area contributed by atoms with Gasteiger partial charge in [-0.1, -0.05) is 33.6 Å². The predicted molar refractivity (Wildman–Crippen MR) is 70.1 cm³/mol. The van der Waals surface area contributed by atoms with Crippen LogP contribution in [0.25, 0.3) is 0 Å². The maximum Gasteiger partial charge on any atom is 0.327 e. The van der Waals surface area contributed by atoms with Gasteiger partial charge in [-0.2, -0.15) is 0 Å². The Balaban J connectivity index is 2.24. The number of carbonyl (C=O) groups excluding carboxylic acids is 2. The summed E-state index contributed by atoms with van der Waals surface area (Å²) in [5.74, 6) is 0.0179. The third-order valence-electron chi connectivity index (χ3n) is 4.37. The second-order valence-corrected chi connectivity index (χ2v) is 6.59. The van der Waals surface area contributed by atoms with Crippen LogP contribution in [0.5, 0.6) is 0 Å². The molecule has 0 saturated carbocycles. The third kappa shape index (κ3) is 2.13. The summed E-state index contributed by atoms with van der Waals surface area (Å²) in [6.45, 7) is 8.93. The van der Waals surface area contributed by atoms with Gasteiger partial charge in [0.2, 0.25) is 0 Å². The van der Waals surface area contributed by atoms with Gasteiger partial charge in [0.05, 0.1) is 0 Å². The van der Waals surface area contributed by atoms with Gasteiger partial charge >= 0.3 is 6.03 Å². The minimum Gasteiger partial charge on any atom is -0.312 e. The summed E-state index contributed by atoms with van der Waals surface area (Å²) in [6.07, 6.45) is 4.03. The van der Waals surface area contributed by atoms with Crippen LogP contribution in [0.3, 0.4) is 0 Å². The van der Waals surface area contributed by atoms with Crippen molar-refractivity contribution in [1.82, 2.24) is 9.80 Å². The molecule has 0 aromatic carbocycles. The molecule has 2 atom stereocenters. The molecule has 0 aromatic rings. The van der Waals surface area contributed by atoms with E-state index in [1.165, 1.54) is 4.90 Å². The fourth-order valence-electron chi connectivity index (χ4n) is 2.73. The molecule has 102 valence electrons. The Kier molecular flexibility index (Phi) is 3.39. The highest BCUT2D eigenvalue weighted by molar-refractivity contribution is 6.04. The summed E-state index contributed by atoms with van der Waals surface area (Å²) in [5.41, 5.74) is -0.0734. The predicted octanol–water partition coefficient (Wildman–Crippen LogP) is 2.63. The molecule has 0 radical (unpaired) electrons. The van der Waals surface area contributed by atoms with Gasteiger partial charge in [-0.05, 0) is 25.2 Å². The molecule has 3 amide bonds. The lowest BCUT2D eigenvalue weighted by molar-refractivity contribution is -0.131. The molecule has 0 aliphatic carbocycles. The fourth-order valence-corrected chi connectivity index (χ4v) is 2.73. The second-order valence-electron chi connectivity index (χ2n) is 6.59. The number of rotatable bonds is 1. The van der Waals surface area contributed by atoms with E-state index in [4.69, 9.17) is 0 Å². The Morgan fingerprint density at radius 3 is 2.44 bits per heavy atom. The highest BCUT2D eigenvalue weighted by Crippen LogP contribution is 2.32. The first-order valence-corrected chi connectivity index (χ1v) is 6.97. The first-order valence-electron chi connectivity index (χ1n) is 6.97. The maximum absolute atomic E-state index is 12.5. The van der Waals surface area contributed by atoms with Crippen molar-refractivity contribution in [3.05, 3.63) is 0 Å². The fraction of sp³-hybridized carbons (Fsp3) is 0.857. The van der Waals surface area contributed by atoms with E-state index in [1.807, 2.05) is 6.92 Å². The molecule has 2 saturated heterocycles. The summed E-state index contributed by atoms with van der Waals surface area (Å²) in [7, 11) is 0. The van der Waals surface area contributed by atoms with Crippen LogP contribution in [0.15, 0.2) is 0 Å². The Morgan fingerprint density at radius 1 is 1.17 bits per heavy atom. The number of urea groups is 1. The zero-order chi connectivity index (χ0) is 13.5. The smallest absolute Gasteiger partial charge is 0.312 e. The Morgan fingerprint density at radius 2 is 1.83 bits per heavy atom. The Bertz CT molecular complexity index is 335. The van der Waals surface area contributed by atoms with Crippen LogP contribution in [-0.2, 0) is 4.79 Å². The number of nitrogens with zero attached hydrogens (tertiary/aromatic N) is 2. The van der Waals surface area contributed by atoms with Gasteiger partial charge in [0.15, 0.2) is 0 Å². The molecule has 0 aromatic heterocycles. The topological polar surface area (TPSA) is 40.6 Å². The van der Waals surface area contributed by atoms with E-state index in [0.717, 1.165) is 32.2 Å². The zero-order valence-corrected chi connectivity index (χ0v) is 11.9. The van der Waals surface area contributed by atoms with E-state index in [9.17, 15) is 9.59 Å². The number of fused-ring (bicyclic) bond motifs is 1. The van der Waals surface area contributed by atoms with Crippen molar-refractivity contribution in [3.63, 3.8) is 0 Å². The van der Waals surface area contributed by atoms with Crippen LogP contribution in [-0.4, -0.2) is 40.4 Å². The van der Waals surface area contributed by atoms with Gasteiger partial charge in [-0.25, -0.2) is 4.79 Å². The van der Waals surface area contributed by atoms with Crippen molar-refractivity contribution >= 4 is 11.9 Å². The number of carbonyl (C=O) groups is 2. The second kappa shape index (κ2) is 4.56. The minimum atomic E-state index is -0.190. The number of hydrogen-bond acceptors (Lipinski definition) is 2. The van der Waals surface area contributed by atoms with Crippen LogP contribution in [0.4, 0.5) is 4.79 Å². The number of imide groups is 1. The molecule has 2 rings (SSSR count). The van der Waals surface area contributed by atoms with Gasteiger partial charge < -0.3 is 4.90 Å². The third-order valence-corrected chi connectivity index (χ3v) is 4.37. The molecule has 2 aliphatic heterocycles. The molecule has 4 nitrogen and oxygen atoms in total. The molecule has 4 heteroatoms. The molecule has 18 heavy (non-hydrogen) atoms. The maximum atomic E-state index is 12.5. The van der Waals surface area contributed by atoms with Crippen LogP contribution < -0.4 is 0 Å². The zero-order valence-electron chi connectivity index (χ0n) is 11.9. The van der Waals surface area contributed by atoms with Crippen molar-refractivity contribution in [2.24, 2.45) is 5.41 Å². The summed E-state index contributed by atoms with van der Waals surface area (Å²) in [6, 6.07) is -0.316. The lowest BCUT2D eigenvalue weighted by atomic mass is 9.87. The summed E-state index contributed by atoms with van der Waals surface area (Å²) < 4.78 is 0. The SMILES string of the molecule is C[C@@H](N1C(=O)[C@@H]2CCCCCN2C1=O)C(C)(C)C. The van der Waals surface area contributed by atoms with Crippen LogP contribution in [0, 0.1) is 5.41 Å². The summed E-state index contributed by atoms with van der Waals surface area (Å²) in [4.78, 5) is 28.2. The van der Waals surface area contributed by atoms with Crippen molar-refractivity contribution < 1.29 is 9.59 Å². The lowest BCUT2D eigenvalue weighted by Crippen LogP contribution is -2.46. The quantitative estimate of drug-likeness (QED) is 0.673. The molecule has 2 fully saturated rings. The van der Waals surface area contributed by atoms with E-state index in [1.54, 1.807) is 4.90 Å². The van der Waals surface area contributed by atoms with Gasteiger partial charge in [-0.3, -0.25) is 9.69 Å². The largest absolute Gasteiger partial charge is 0.327 e. The van der Waals surface area contributed by atoms with Crippen LogP contribution in [0.1, 0.15) is 53.4 Å². The van der Waals surface area contributed by atoms with E-state index in [0.29, 0.717) is 0 Å². The summed E-state index contributed by atoms with van der Waals surface area (Å²) in [5, 5.41) is 0. The standard InChI is InChI=1S/C14H24N2O2/c1-10(14(2,3)4)16-12(17)11-8-6-5-7-9-15(11)13(16)18/h10-11H,5-9H2,1-4H3/t10-,11+/m1/s1. The monoisotopic (exact) mass is 252 g/mol. The van der Waals surface area contributed by atoms with Crippen molar-refractivity contribution in [3.8, 4) is 0 Å². The van der Waals surface area contributed by atoms with Crippen LogP contribution >= 0.6 is 0 Å². The Labute approximate surface area is 109 Å². The Hall–Kier alpha value is -1.06. The molecule has 0 N–H and O–H groups in total. The minimum absolute atomic E-state index is 0.0179. The van der Waals surface area contributed by atoms with E-state index in [2.05, 4.69) is 20.8 Å². The van der Waals surface area contributed by atoms with E-state index < -0.39 is 0 Å². The molecule has 0 unspecified atom stereocenters. The molecule has 2 aliphatic rings. The van der Waals surface area contributed by atoms with Gasteiger partial charge in [0.1, 0.15) is 6.04 Å². The molecule has 2 heterocycles. The first kappa shape index (κ1) is 13.4. The highest BCUT2D eigenvalue weighted by Gasteiger charge is 2.48. The summed E-state index contributed by atoms with van der Waals surface area (Å²) >= 11 is 0. The molecule has 0 bridgehead atoms. The van der Waals surface area contributed by atoms with E-state index >= 15 is 0 Å². The average molecular weight is 252 g/mol.